The molecule has 1 aromatic rings. The molecule has 0 spiro atoms. The van der Waals surface area contributed by atoms with Crippen LogP contribution in [0.4, 0.5) is 0 Å². The summed E-state index contributed by atoms with van der Waals surface area (Å²) in [7, 11) is 1.16. The third-order valence-corrected chi connectivity index (χ3v) is 3.28. The van der Waals surface area contributed by atoms with Crippen molar-refractivity contribution in [2.45, 2.75) is 6.42 Å². The summed E-state index contributed by atoms with van der Waals surface area (Å²) in [6.07, 6.45) is 0.313. The first kappa shape index (κ1) is 13.1. The number of carbonyl (C=O) groups is 4. The van der Waals surface area contributed by atoms with Crippen LogP contribution in [0, 0.1) is 11.8 Å². The molecule has 19 heavy (non-hydrogen) atoms. The predicted molar refractivity (Wildman–Crippen MR) is 64.8 cm³/mol. The summed E-state index contributed by atoms with van der Waals surface area (Å²) in [6.45, 7) is 0. The van der Waals surface area contributed by atoms with E-state index in [0.717, 1.165) is 7.11 Å². The Bertz CT molecular complexity index is 526. The van der Waals surface area contributed by atoms with Crippen molar-refractivity contribution in [3.05, 3.63) is 35.4 Å². The molecule has 0 unspecified atom stereocenters. The number of hydrogen-bond donors (Lipinski definition) is 0. The molecular formula is C14H12O5. The van der Waals surface area contributed by atoms with Crippen LogP contribution in [0.2, 0.25) is 0 Å². The Morgan fingerprint density at radius 1 is 1.26 bits per heavy atom. The van der Waals surface area contributed by atoms with Gasteiger partial charge in [0, 0.05) is 17.5 Å². The van der Waals surface area contributed by atoms with E-state index < -0.39 is 29.4 Å². The van der Waals surface area contributed by atoms with Crippen LogP contribution in [0.15, 0.2) is 24.3 Å². The SMILES string of the molecule is COC(=O)[C@H](CC=O)C1C(=O)c2ccccc2C1=O. The van der Waals surface area contributed by atoms with E-state index in [-0.39, 0.29) is 6.42 Å². The molecule has 0 amide bonds. The minimum atomic E-state index is -1.14. The monoisotopic (exact) mass is 260 g/mol. The van der Waals surface area contributed by atoms with E-state index in [4.69, 9.17) is 0 Å². The van der Waals surface area contributed by atoms with Crippen molar-refractivity contribution in [1.82, 2.24) is 0 Å². The van der Waals surface area contributed by atoms with Gasteiger partial charge in [-0.3, -0.25) is 14.4 Å². The summed E-state index contributed by atoms with van der Waals surface area (Å²) in [5.74, 6) is -3.74. The maximum absolute atomic E-state index is 12.2. The maximum atomic E-state index is 12.2. The fraction of sp³-hybridized carbons (Fsp3) is 0.286. The second-order valence-electron chi connectivity index (χ2n) is 4.28. The Kier molecular flexibility index (Phi) is 3.55. The van der Waals surface area contributed by atoms with Crippen LogP contribution < -0.4 is 0 Å². The lowest BCUT2D eigenvalue weighted by molar-refractivity contribution is -0.147. The minimum absolute atomic E-state index is 0.206. The number of Topliss-reactive ketones (excluding diaryl/α,β-unsaturated/α-hetero) is 2. The number of ether oxygens (including phenoxy) is 1. The molecule has 1 atom stereocenters. The van der Waals surface area contributed by atoms with Gasteiger partial charge in [-0.2, -0.15) is 0 Å². The highest BCUT2D eigenvalue weighted by molar-refractivity contribution is 6.27. The quantitative estimate of drug-likeness (QED) is 0.459. The molecule has 0 N–H and O–H groups in total. The Balaban J connectivity index is 2.41. The standard InChI is InChI=1S/C14H12O5/c1-19-14(18)10(6-7-15)11-12(16)8-4-2-3-5-9(8)13(11)17/h2-5,7,10-11H,6H2,1H3/t10-/m1/s1. The normalized spacial score (nSPS) is 16.1. The van der Waals surface area contributed by atoms with Gasteiger partial charge in [-0.1, -0.05) is 24.3 Å². The fourth-order valence-corrected chi connectivity index (χ4v) is 2.36. The molecule has 98 valence electrons. The number of benzene rings is 1. The highest BCUT2D eigenvalue weighted by Gasteiger charge is 2.46. The Morgan fingerprint density at radius 3 is 2.21 bits per heavy atom. The molecule has 2 rings (SSSR count). The van der Waals surface area contributed by atoms with Gasteiger partial charge in [0.15, 0.2) is 11.6 Å². The lowest BCUT2D eigenvalue weighted by Gasteiger charge is -2.16. The summed E-state index contributed by atoms with van der Waals surface area (Å²) < 4.78 is 4.57. The van der Waals surface area contributed by atoms with Gasteiger partial charge in [-0.15, -0.1) is 0 Å². The van der Waals surface area contributed by atoms with Gasteiger partial charge in [0.05, 0.1) is 18.9 Å². The van der Waals surface area contributed by atoms with Crippen LogP contribution in [-0.4, -0.2) is 30.9 Å². The molecule has 1 aliphatic carbocycles. The summed E-state index contributed by atoms with van der Waals surface area (Å²) in [4.78, 5) is 46.7. The van der Waals surface area contributed by atoms with Gasteiger partial charge < -0.3 is 9.53 Å². The number of hydrogen-bond acceptors (Lipinski definition) is 5. The van der Waals surface area contributed by atoms with Crippen LogP contribution in [0.1, 0.15) is 27.1 Å². The number of esters is 1. The van der Waals surface area contributed by atoms with Crippen molar-refractivity contribution in [2.24, 2.45) is 11.8 Å². The highest BCUT2D eigenvalue weighted by Crippen LogP contribution is 2.33. The first-order valence-corrected chi connectivity index (χ1v) is 5.80. The average Bonchev–Trinajstić information content (AvgIpc) is 2.68. The van der Waals surface area contributed by atoms with Crippen LogP contribution in [0.5, 0.6) is 0 Å². The van der Waals surface area contributed by atoms with Crippen molar-refractivity contribution >= 4 is 23.8 Å². The summed E-state index contributed by atoms with van der Waals surface area (Å²) >= 11 is 0. The zero-order valence-corrected chi connectivity index (χ0v) is 10.3. The van der Waals surface area contributed by atoms with E-state index in [1.807, 2.05) is 0 Å². The smallest absolute Gasteiger partial charge is 0.310 e. The Morgan fingerprint density at radius 2 is 1.79 bits per heavy atom. The Labute approximate surface area is 109 Å². The Hall–Kier alpha value is -2.30. The molecule has 1 aliphatic rings. The van der Waals surface area contributed by atoms with E-state index in [0.29, 0.717) is 17.4 Å². The van der Waals surface area contributed by atoms with Crippen molar-refractivity contribution in [3.8, 4) is 0 Å². The van der Waals surface area contributed by atoms with Gasteiger partial charge in [-0.05, 0) is 0 Å². The molecule has 0 heterocycles. The number of rotatable bonds is 4. The van der Waals surface area contributed by atoms with Crippen molar-refractivity contribution in [2.75, 3.05) is 7.11 Å². The number of ketones is 2. The predicted octanol–water partition coefficient (Wildman–Crippen LogP) is 1.06. The zero-order valence-electron chi connectivity index (χ0n) is 10.3. The topological polar surface area (TPSA) is 77.5 Å². The van der Waals surface area contributed by atoms with Crippen LogP contribution >= 0.6 is 0 Å². The first-order valence-electron chi connectivity index (χ1n) is 5.80. The van der Waals surface area contributed by atoms with Crippen molar-refractivity contribution in [1.29, 1.82) is 0 Å². The molecule has 0 bridgehead atoms. The molecule has 5 heteroatoms. The van der Waals surface area contributed by atoms with Crippen molar-refractivity contribution < 1.29 is 23.9 Å². The number of methoxy groups -OCH3 is 1. The third-order valence-electron chi connectivity index (χ3n) is 3.28. The first-order chi connectivity index (χ1) is 9.11. The van der Waals surface area contributed by atoms with E-state index in [2.05, 4.69) is 4.74 Å². The van der Waals surface area contributed by atoms with E-state index >= 15 is 0 Å². The second-order valence-corrected chi connectivity index (χ2v) is 4.28. The lowest BCUT2D eigenvalue weighted by Crippen LogP contribution is -2.32. The molecule has 0 fully saturated rings. The number of carbonyl (C=O) groups excluding carboxylic acids is 4. The third kappa shape index (κ3) is 2.07. The maximum Gasteiger partial charge on any atom is 0.310 e. The summed E-state index contributed by atoms with van der Waals surface area (Å²) in [6, 6.07) is 6.40. The minimum Gasteiger partial charge on any atom is -0.469 e. The van der Waals surface area contributed by atoms with Crippen LogP contribution in [-0.2, 0) is 14.3 Å². The van der Waals surface area contributed by atoms with Gasteiger partial charge >= 0.3 is 5.97 Å². The molecule has 0 aliphatic heterocycles. The molecule has 5 nitrogen and oxygen atoms in total. The molecule has 0 saturated carbocycles. The average molecular weight is 260 g/mol. The van der Waals surface area contributed by atoms with E-state index in [9.17, 15) is 19.2 Å². The largest absolute Gasteiger partial charge is 0.469 e. The van der Waals surface area contributed by atoms with E-state index in [1.165, 1.54) is 0 Å². The fourth-order valence-electron chi connectivity index (χ4n) is 2.36. The number of aldehydes is 1. The zero-order chi connectivity index (χ0) is 14.0. The molecular weight excluding hydrogens is 248 g/mol. The molecule has 0 radical (unpaired) electrons. The number of fused-ring (bicyclic) bond motifs is 1. The van der Waals surface area contributed by atoms with Crippen molar-refractivity contribution in [3.63, 3.8) is 0 Å². The summed E-state index contributed by atoms with van der Waals surface area (Å²) in [5.41, 5.74) is 0.606. The highest BCUT2D eigenvalue weighted by atomic mass is 16.5. The molecule has 1 aromatic carbocycles. The van der Waals surface area contributed by atoms with Gasteiger partial charge in [0.1, 0.15) is 6.29 Å². The van der Waals surface area contributed by atoms with Gasteiger partial charge in [0.2, 0.25) is 0 Å². The van der Waals surface area contributed by atoms with Crippen LogP contribution in [0.3, 0.4) is 0 Å². The van der Waals surface area contributed by atoms with Crippen LogP contribution in [0.25, 0.3) is 0 Å². The van der Waals surface area contributed by atoms with Gasteiger partial charge in [0.25, 0.3) is 0 Å². The van der Waals surface area contributed by atoms with E-state index in [1.54, 1.807) is 24.3 Å². The molecule has 0 aromatic heterocycles. The lowest BCUT2D eigenvalue weighted by atomic mass is 9.86. The second kappa shape index (κ2) is 5.14. The molecule has 0 saturated heterocycles. The van der Waals surface area contributed by atoms with Gasteiger partial charge in [-0.25, -0.2) is 0 Å². The summed E-state index contributed by atoms with van der Waals surface area (Å²) in [5, 5.41) is 0.